The number of amides is 2. The van der Waals surface area contributed by atoms with Crippen molar-refractivity contribution < 1.29 is 18.0 Å². The first kappa shape index (κ1) is 18.6. The standard InChI is InChI=1S/C16H25F3N4O/c1-12-20-8-10-23(12)9-3-2-7-21-15(24)22-14-6-4-5-13(11-14)16(17,18)19/h8,10,13-14H,2-7,9,11H2,1H3,(H2,21,22,24)/t13-,14-/m0/s1. The summed E-state index contributed by atoms with van der Waals surface area (Å²) in [5.41, 5.74) is 0. The minimum Gasteiger partial charge on any atom is -0.338 e. The van der Waals surface area contributed by atoms with Gasteiger partial charge in [-0.05, 0) is 39.0 Å². The van der Waals surface area contributed by atoms with Crippen LogP contribution < -0.4 is 10.6 Å². The summed E-state index contributed by atoms with van der Waals surface area (Å²) >= 11 is 0. The number of unbranched alkanes of at least 4 members (excludes halogenated alkanes) is 1. The summed E-state index contributed by atoms with van der Waals surface area (Å²) in [5, 5.41) is 5.39. The average molecular weight is 346 g/mol. The molecule has 1 aliphatic rings. The van der Waals surface area contributed by atoms with Gasteiger partial charge in [0.1, 0.15) is 5.82 Å². The Kier molecular flexibility index (Phi) is 6.51. The number of hydrogen-bond acceptors (Lipinski definition) is 2. The molecule has 0 spiro atoms. The zero-order chi connectivity index (χ0) is 17.6. The Morgan fingerprint density at radius 1 is 1.38 bits per heavy atom. The molecule has 8 heteroatoms. The van der Waals surface area contributed by atoms with Crippen LogP contribution in [0.5, 0.6) is 0 Å². The minimum absolute atomic E-state index is 0.0170. The second kappa shape index (κ2) is 8.39. The topological polar surface area (TPSA) is 59.0 Å². The number of carbonyl (C=O) groups excluding carboxylic acids is 1. The van der Waals surface area contributed by atoms with Crippen LogP contribution in [0.3, 0.4) is 0 Å². The van der Waals surface area contributed by atoms with Gasteiger partial charge in [-0.1, -0.05) is 6.42 Å². The van der Waals surface area contributed by atoms with Gasteiger partial charge >= 0.3 is 12.2 Å². The number of halogens is 3. The Balaban J connectivity index is 1.60. The van der Waals surface area contributed by atoms with Gasteiger partial charge in [0.05, 0.1) is 5.92 Å². The van der Waals surface area contributed by atoms with Crippen LogP contribution >= 0.6 is 0 Å². The summed E-state index contributed by atoms with van der Waals surface area (Å²) in [6.07, 6.45) is 2.46. The van der Waals surface area contributed by atoms with Gasteiger partial charge in [0.25, 0.3) is 0 Å². The molecule has 2 amide bonds. The smallest absolute Gasteiger partial charge is 0.338 e. The SMILES string of the molecule is Cc1nccn1CCCCNC(=O)N[C@H]1CCC[C@H](C(F)(F)F)C1. The van der Waals surface area contributed by atoms with Crippen LogP contribution in [0.4, 0.5) is 18.0 Å². The van der Waals surface area contributed by atoms with E-state index < -0.39 is 12.1 Å². The lowest BCUT2D eigenvalue weighted by Gasteiger charge is -2.31. The molecular weight excluding hydrogens is 321 g/mol. The van der Waals surface area contributed by atoms with Gasteiger partial charge in [-0.15, -0.1) is 0 Å². The van der Waals surface area contributed by atoms with E-state index in [1.165, 1.54) is 0 Å². The molecule has 2 rings (SSSR count). The van der Waals surface area contributed by atoms with Crippen molar-refractivity contribution in [1.29, 1.82) is 0 Å². The lowest BCUT2D eigenvalue weighted by molar-refractivity contribution is -0.183. The van der Waals surface area contributed by atoms with Gasteiger partial charge in [-0.25, -0.2) is 9.78 Å². The number of rotatable bonds is 6. The maximum Gasteiger partial charge on any atom is 0.391 e. The molecule has 0 saturated heterocycles. The Hall–Kier alpha value is -1.73. The predicted octanol–water partition coefficient (Wildman–Crippen LogP) is 3.39. The molecule has 1 heterocycles. The second-order valence-corrected chi connectivity index (χ2v) is 6.38. The Labute approximate surface area is 140 Å². The van der Waals surface area contributed by atoms with Crippen LogP contribution in [0.15, 0.2) is 12.4 Å². The van der Waals surface area contributed by atoms with Crippen LogP contribution in [0.25, 0.3) is 0 Å². The van der Waals surface area contributed by atoms with Crippen molar-refractivity contribution in [1.82, 2.24) is 20.2 Å². The maximum atomic E-state index is 12.7. The number of aromatic nitrogens is 2. The molecule has 1 saturated carbocycles. The van der Waals surface area contributed by atoms with Crippen molar-refractivity contribution in [2.45, 2.75) is 64.2 Å². The highest BCUT2D eigenvalue weighted by Crippen LogP contribution is 2.37. The molecular formula is C16H25F3N4O. The number of carbonyl (C=O) groups is 1. The fourth-order valence-corrected chi connectivity index (χ4v) is 3.10. The first-order chi connectivity index (χ1) is 11.4. The molecule has 0 bridgehead atoms. The lowest BCUT2D eigenvalue weighted by atomic mass is 9.85. The molecule has 5 nitrogen and oxygen atoms in total. The first-order valence-electron chi connectivity index (χ1n) is 8.45. The third-order valence-electron chi connectivity index (χ3n) is 4.51. The predicted molar refractivity (Wildman–Crippen MR) is 84.5 cm³/mol. The van der Waals surface area contributed by atoms with E-state index in [0.717, 1.165) is 25.2 Å². The fourth-order valence-electron chi connectivity index (χ4n) is 3.10. The van der Waals surface area contributed by atoms with Gasteiger partial charge in [0.2, 0.25) is 0 Å². The highest BCUT2D eigenvalue weighted by molar-refractivity contribution is 5.74. The van der Waals surface area contributed by atoms with Crippen molar-refractivity contribution in [2.24, 2.45) is 5.92 Å². The van der Waals surface area contributed by atoms with Crippen LogP contribution in [-0.4, -0.2) is 34.3 Å². The highest BCUT2D eigenvalue weighted by Gasteiger charge is 2.42. The van der Waals surface area contributed by atoms with Crippen LogP contribution in [0.1, 0.15) is 44.3 Å². The molecule has 0 aliphatic heterocycles. The van der Waals surface area contributed by atoms with Gasteiger partial charge < -0.3 is 15.2 Å². The largest absolute Gasteiger partial charge is 0.391 e. The van der Waals surface area contributed by atoms with Crippen LogP contribution in [0, 0.1) is 12.8 Å². The van der Waals surface area contributed by atoms with Crippen molar-refractivity contribution in [3.05, 3.63) is 18.2 Å². The van der Waals surface area contributed by atoms with Crippen LogP contribution in [0.2, 0.25) is 0 Å². The Bertz CT molecular complexity index is 530. The number of urea groups is 1. The molecule has 1 fully saturated rings. The Morgan fingerprint density at radius 3 is 2.83 bits per heavy atom. The van der Waals surface area contributed by atoms with Crippen molar-refractivity contribution >= 4 is 6.03 Å². The Morgan fingerprint density at radius 2 is 2.17 bits per heavy atom. The van der Waals surface area contributed by atoms with Gasteiger partial charge in [0, 0.05) is 31.5 Å². The lowest BCUT2D eigenvalue weighted by Crippen LogP contribution is -2.46. The summed E-state index contributed by atoms with van der Waals surface area (Å²) in [5.74, 6) is -0.341. The highest BCUT2D eigenvalue weighted by atomic mass is 19.4. The van der Waals surface area contributed by atoms with Gasteiger partial charge in [-0.2, -0.15) is 13.2 Å². The molecule has 0 aromatic carbocycles. The normalized spacial score (nSPS) is 21.5. The summed E-state index contributed by atoms with van der Waals surface area (Å²) in [6, 6.07) is -0.763. The number of aryl methyl sites for hydroxylation is 2. The molecule has 1 aromatic heterocycles. The minimum atomic E-state index is -4.16. The number of imidazole rings is 1. The zero-order valence-electron chi connectivity index (χ0n) is 13.9. The van der Waals surface area contributed by atoms with Crippen molar-refractivity contribution in [3.63, 3.8) is 0 Å². The first-order valence-corrected chi connectivity index (χ1v) is 8.45. The van der Waals surface area contributed by atoms with E-state index in [0.29, 0.717) is 19.4 Å². The van der Waals surface area contributed by atoms with Crippen molar-refractivity contribution in [3.8, 4) is 0 Å². The second-order valence-electron chi connectivity index (χ2n) is 6.38. The summed E-state index contributed by atoms with van der Waals surface area (Å²) in [4.78, 5) is 15.9. The van der Waals surface area contributed by atoms with E-state index in [-0.39, 0.29) is 24.9 Å². The molecule has 2 N–H and O–H groups in total. The average Bonchev–Trinajstić information content (AvgIpc) is 2.92. The van der Waals surface area contributed by atoms with Gasteiger partial charge in [0.15, 0.2) is 0 Å². The molecule has 24 heavy (non-hydrogen) atoms. The van der Waals surface area contributed by atoms with E-state index in [1.807, 2.05) is 17.7 Å². The van der Waals surface area contributed by atoms with E-state index >= 15 is 0 Å². The molecule has 0 radical (unpaired) electrons. The number of alkyl halides is 3. The number of nitrogens with one attached hydrogen (secondary N) is 2. The van der Waals surface area contributed by atoms with Crippen LogP contribution in [-0.2, 0) is 6.54 Å². The molecule has 2 atom stereocenters. The monoisotopic (exact) mass is 346 g/mol. The summed E-state index contributed by atoms with van der Waals surface area (Å²) in [6.45, 7) is 3.28. The maximum absolute atomic E-state index is 12.7. The molecule has 0 unspecified atom stereocenters. The molecule has 1 aromatic rings. The summed E-state index contributed by atoms with van der Waals surface area (Å²) in [7, 11) is 0. The van der Waals surface area contributed by atoms with Crippen molar-refractivity contribution in [2.75, 3.05) is 6.54 Å². The number of hydrogen-bond donors (Lipinski definition) is 2. The number of nitrogens with zero attached hydrogens (tertiary/aromatic N) is 2. The molecule has 1 aliphatic carbocycles. The quantitative estimate of drug-likeness (QED) is 0.776. The fraction of sp³-hybridized carbons (Fsp3) is 0.750. The third kappa shape index (κ3) is 5.72. The zero-order valence-corrected chi connectivity index (χ0v) is 13.9. The summed E-state index contributed by atoms with van der Waals surface area (Å²) < 4.78 is 40.3. The van der Waals surface area contributed by atoms with E-state index in [1.54, 1.807) is 6.20 Å². The van der Waals surface area contributed by atoms with E-state index in [9.17, 15) is 18.0 Å². The molecule has 136 valence electrons. The van der Waals surface area contributed by atoms with E-state index in [2.05, 4.69) is 15.6 Å². The third-order valence-corrected chi connectivity index (χ3v) is 4.51. The van der Waals surface area contributed by atoms with E-state index in [4.69, 9.17) is 0 Å². The van der Waals surface area contributed by atoms with Gasteiger partial charge in [-0.3, -0.25) is 0 Å².